The maximum absolute atomic E-state index is 13.3. The Labute approximate surface area is 219 Å². The van der Waals surface area contributed by atoms with Crippen molar-refractivity contribution in [3.63, 3.8) is 0 Å². The van der Waals surface area contributed by atoms with Gasteiger partial charge in [-0.05, 0) is 73.8 Å². The molecule has 0 bridgehead atoms. The van der Waals surface area contributed by atoms with Crippen LogP contribution in [-0.4, -0.2) is 52.7 Å². The summed E-state index contributed by atoms with van der Waals surface area (Å²) in [7, 11) is 0. The van der Waals surface area contributed by atoms with Gasteiger partial charge in [-0.25, -0.2) is 4.79 Å². The lowest BCUT2D eigenvalue weighted by molar-refractivity contribution is -0.165. The van der Waals surface area contributed by atoms with E-state index in [9.17, 15) is 19.8 Å². The summed E-state index contributed by atoms with van der Waals surface area (Å²) in [4.78, 5) is 25.1. The van der Waals surface area contributed by atoms with Crippen molar-refractivity contribution >= 4 is 11.9 Å². The quantitative estimate of drug-likeness (QED) is 0.499. The first kappa shape index (κ1) is 27.4. The van der Waals surface area contributed by atoms with Crippen LogP contribution in [0.25, 0.3) is 0 Å². The highest BCUT2D eigenvalue weighted by molar-refractivity contribution is 5.75. The van der Waals surface area contributed by atoms with Crippen molar-refractivity contribution in [2.24, 2.45) is 17.8 Å². The zero-order valence-corrected chi connectivity index (χ0v) is 22.3. The van der Waals surface area contributed by atoms with Crippen LogP contribution in [0, 0.1) is 31.6 Å². The molecule has 3 aliphatic rings. The molecule has 1 heterocycles. The SMILES string of the molecule is CC[C@H](Oc1ccc(C)c(C)c1)C(=O)OC1CC(O)C=C2C=CC(C)C(CC[C@@H]3C[C@@H](O)CC(=O)O3)C21. The van der Waals surface area contributed by atoms with E-state index in [1.807, 2.05) is 51.1 Å². The number of aliphatic hydroxyl groups is 2. The fraction of sp³-hybridized carbons (Fsp3) is 0.600. The van der Waals surface area contributed by atoms with E-state index in [0.717, 1.165) is 23.1 Å². The summed E-state index contributed by atoms with van der Waals surface area (Å²) < 4.78 is 17.6. The van der Waals surface area contributed by atoms with Gasteiger partial charge in [0.1, 0.15) is 18.0 Å². The summed E-state index contributed by atoms with van der Waals surface area (Å²) in [5.41, 5.74) is 3.22. The van der Waals surface area contributed by atoms with Crippen molar-refractivity contribution in [3.05, 3.63) is 53.1 Å². The summed E-state index contributed by atoms with van der Waals surface area (Å²) in [6.07, 6.45) is 5.78. The van der Waals surface area contributed by atoms with E-state index in [1.54, 1.807) is 0 Å². The Kier molecular flexibility index (Phi) is 8.75. The van der Waals surface area contributed by atoms with E-state index in [1.165, 1.54) is 0 Å². The number of carbonyl (C=O) groups excluding carboxylic acids is 2. The van der Waals surface area contributed by atoms with Crippen molar-refractivity contribution in [1.29, 1.82) is 0 Å². The Morgan fingerprint density at radius 2 is 1.95 bits per heavy atom. The molecule has 2 N–H and O–H groups in total. The highest BCUT2D eigenvalue weighted by Crippen LogP contribution is 2.44. The second-order valence-electron chi connectivity index (χ2n) is 10.9. The molecule has 37 heavy (non-hydrogen) atoms. The molecule has 0 spiro atoms. The second-order valence-corrected chi connectivity index (χ2v) is 10.9. The number of cyclic esters (lactones) is 1. The minimum atomic E-state index is -0.744. The van der Waals surface area contributed by atoms with Gasteiger partial charge in [0.2, 0.25) is 0 Å². The summed E-state index contributed by atoms with van der Waals surface area (Å²) in [5, 5.41) is 20.5. The fourth-order valence-electron chi connectivity index (χ4n) is 5.88. The number of allylic oxidation sites excluding steroid dienone is 2. The summed E-state index contributed by atoms with van der Waals surface area (Å²) in [6.45, 7) is 8.07. The normalized spacial score (nSPS) is 32.1. The molecule has 1 fully saturated rings. The van der Waals surface area contributed by atoms with Crippen LogP contribution < -0.4 is 4.74 Å². The van der Waals surface area contributed by atoms with E-state index in [-0.39, 0.29) is 36.2 Å². The summed E-state index contributed by atoms with van der Waals surface area (Å²) in [5.74, 6) is 0.132. The molecular formula is C30H40O7. The number of hydrogen-bond acceptors (Lipinski definition) is 7. The zero-order valence-electron chi connectivity index (χ0n) is 22.3. The van der Waals surface area contributed by atoms with E-state index in [0.29, 0.717) is 31.4 Å². The number of benzene rings is 1. The van der Waals surface area contributed by atoms with E-state index < -0.39 is 30.4 Å². The summed E-state index contributed by atoms with van der Waals surface area (Å²) in [6, 6.07) is 5.76. The molecule has 1 aromatic rings. The van der Waals surface area contributed by atoms with Gasteiger partial charge in [0.05, 0.1) is 18.6 Å². The lowest BCUT2D eigenvalue weighted by atomic mass is 9.66. The standard InChI is InChI=1S/C30H40O7/c1-5-26(35-23-9-7-17(2)19(4)12-23)30(34)37-27-15-21(31)13-20-8-6-18(3)25(29(20)27)11-10-24-14-22(32)16-28(33)36-24/h6-9,12-13,18,21-22,24-27,29,31-32H,5,10-11,14-16H2,1-4H3/t18?,21?,22-,24-,25?,26+,27?,29?/m1/s1. The fourth-order valence-corrected chi connectivity index (χ4v) is 5.88. The Morgan fingerprint density at radius 1 is 1.16 bits per heavy atom. The molecule has 2 aliphatic carbocycles. The topological polar surface area (TPSA) is 102 Å². The first-order valence-corrected chi connectivity index (χ1v) is 13.5. The van der Waals surface area contributed by atoms with Gasteiger partial charge in [-0.3, -0.25) is 4.79 Å². The van der Waals surface area contributed by atoms with Crippen molar-refractivity contribution in [3.8, 4) is 5.75 Å². The van der Waals surface area contributed by atoms with Crippen LogP contribution in [0.1, 0.15) is 63.5 Å². The van der Waals surface area contributed by atoms with Crippen LogP contribution in [0.4, 0.5) is 0 Å². The molecule has 1 saturated heterocycles. The molecule has 5 unspecified atom stereocenters. The van der Waals surface area contributed by atoms with Gasteiger partial charge >= 0.3 is 11.9 Å². The number of rotatable bonds is 8. The van der Waals surface area contributed by atoms with E-state index in [2.05, 4.69) is 13.0 Å². The maximum Gasteiger partial charge on any atom is 0.347 e. The van der Waals surface area contributed by atoms with Gasteiger partial charge in [0.25, 0.3) is 0 Å². The molecule has 202 valence electrons. The minimum Gasteiger partial charge on any atom is -0.479 e. The molecule has 1 aliphatic heterocycles. The number of fused-ring (bicyclic) bond motifs is 1. The second kappa shape index (κ2) is 11.8. The van der Waals surface area contributed by atoms with Crippen molar-refractivity contribution in [2.45, 2.75) is 96.7 Å². The predicted molar refractivity (Wildman–Crippen MR) is 139 cm³/mol. The largest absolute Gasteiger partial charge is 0.479 e. The Morgan fingerprint density at radius 3 is 2.65 bits per heavy atom. The zero-order chi connectivity index (χ0) is 26.7. The third-order valence-electron chi connectivity index (χ3n) is 8.09. The highest BCUT2D eigenvalue weighted by Gasteiger charge is 2.43. The van der Waals surface area contributed by atoms with Gasteiger partial charge < -0.3 is 24.4 Å². The lowest BCUT2D eigenvalue weighted by Crippen LogP contribution is -2.44. The van der Waals surface area contributed by atoms with Gasteiger partial charge in [0, 0.05) is 18.8 Å². The van der Waals surface area contributed by atoms with Crippen LogP contribution in [0.5, 0.6) is 5.75 Å². The molecule has 0 radical (unpaired) electrons. The average molecular weight is 513 g/mol. The number of aryl methyl sites for hydroxylation is 2. The first-order chi connectivity index (χ1) is 17.6. The average Bonchev–Trinajstić information content (AvgIpc) is 2.83. The van der Waals surface area contributed by atoms with Crippen LogP contribution >= 0.6 is 0 Å². The number of aliphatic hydroxyl groups excluding tert-OH is 2. The number of hydrogen-bond donors (Lipinski definition) is 2. The molecule has 0 amide bonds. The highest BCUT2D eigenvalue weighted by atomic mass is 16.6. The van der Waals surface area contributed by atoms with Gasteiger partial charge in [-0.1, -0.05) is 38.1 Å². The lowest BCUT2D eigenvalue weighted by Gasteiger charge is -2.43. The van der Waals surface area contributed by atoms with Crippen molar-refractivity contribution < 1.29 is 34.0 Å². The molecule has 1 aromatic carbocycles. The van der Waals surface area contributed by atoms with Crippen LogP contribution in [-0.2, 0) is 19.1 Å². The molecule has 0 aromatic heterocycles. The van der Waals surface area contributed by atoms with Crippen LogP contribution in [0.2, 0.25) is 0 Å². The third kappa shape index (κ3) is 6.63. The minimum absolute atomic E-state index is 0.0489. The number of ether oxygens (including phenoxy) is 3. The smallest absolute Gasteiger partial charge is 0.347 e. The molecule has 7 nitrogen and oxygen atoms in total. The third-order valence-corrected chi connectivity index (χ3v) is 8.09. The van der Waals surface area contributed by atoms with Crippen LogP contribution in [0.3, 0.4) is 0 Å². The van der Waals surface area contributed by atoms with Gasteiger partial charge in [-0.15, -0.1) is 0 Å². The van der Waals surface area contributed by atoms with Crippen LogP contribution in [0.15, 0.2) is 42.0 Å². The Bertz CT molecular complexity index is 1040. The predicted octanol–water partition coefficient (Wildman–Crippen LogP) is 4.35. The monoisotopic (exact) mass is 512 g/mol. The Hall–Kier alpha value is -2.64. The van der Waals surface area contributed by atoms with Crippen molar-refractivity contribution in [1.82, 2.24) is 0 Å². The van der Waals surface area contributed by atoms with Gasteiger partial charge in [0.15, 0.2) is 6.10 Å². The van der Waals surface area contributed by atoms with E-state index >= 15 is 0 Å². The molecule has 8 atom stereocenters. The van der Waals surface area contributed by atoms with Gasteiger partial charge in [-0.2, -0.15) is 0 Å². The molecule has 4 rings (SSSR count). The first-order valence-electron chi connectivity index (χ1n) is 13.5. The molecular weight excluding hydrogens is 472 g/mol. The number of carbonyl (C=O) groups is 2. The summed E-state index contributed by atoms with van der Waals surface area (Å²) >= 11 is 0. The Balaban J connectivity index is 1.47. The maximum atomic E-state index is 13.3. The molecule has 7 heteroatoms. The van der Waals surface area contributed by atoms with Crippen molar-refractivity contribution in [2.75, 3.05) is 0 Å². The molecule has 0 saturated carbocycles. The number of esters is 2. The van der Waals surface area contributed by atoms with E-state index in [4.69, 9.17) is 14.2 Å².